The monoisotopic (exact) mass is 365 g/mol. The maximum absolute atomic E-state index is 12.6. The van der Waals surface area contributed by atoms with Crippen molar-refractivity contribution < 1.29 is 9.53 Å². The number of nitrogens with one attached hydrogen (secondary N) is 1. The first-order chi connectivity index (χ1) is 13.0. The predicted octanol–water partition coefficient (Wildman–Crippen LogP) is 2.38. The maximum Gasteiger partial charge on any atom is 0.261 e. The lowest BCUT2D eigenvalue weighted by molar-refractivity contribution is -0.121. The number of methoxy groups -OCH3 is 1. The van der Waals surface area contributed by atoms with E-state index in [2.05, 4.69) is 10.3 Å². The minimum atomic E-state index is -0.225. The Morgan fingerprint density at radius 3 is 2.81 bits per heavy atom. The Labute approximate surface area is 157 Å². The van der Waals surface area contributed by atoms with Gasteiger partial charge in [0.1, 0.15) is 12.3 Å². The summed E-state index contributed by atoms with van der Waals surface area (Å²) in [6, 6.07) is 11.4. The minimum Gasteiger partial charge on any atom is -0.496 e. The molecule has 0 aliphatic rings. The summed E-state index contributed by atoms with van der Waals surface area (Å²) in [4.78, 5) is 29.1. The number of hydrogen-bond acceptors (Lipinski definition) is 4. The summed E-state index contributed by atoms with van der Waals surface area (Å²) in [6.07, 6.45) is 2.08. The van der Waals surface area contributed by atoms with Gasteiger partial charge >= 0.3 is 0 Å². The molecule has 2 aromatic carbocycles. The van der Waals surface area contributed by atoms with Gasteiger partial charge in [-0.25, -0.2) is 4.98 Å². The summed E-state index contributed by atoms with van der Waals surface area (Å²) in [7, 11) is 1.63. The molecule has 0 bridgehead atoms. The number of hydrogen-bond donors (Lipinski definition) is 1. The summed E-state index contributed by atoms with van der Waals surface area (Å²) < 4.78 is 6.69. The van der Waals surface area contributed by atoms with E-state index in [1.54, 1.807) is 13.2 Å². The van der Waals surface area contributed by atoms with Gasteiger partial charge in [0, 0.05) is 6.54 Å². The van der Waals surface area contributed by atoms with Crippen molar-refractivity contribution in [3.63, 3.8) is 0 Å². The first-order valence-corrected chi connectivity index (χ1v) is 8.84. The number of carbonyl (C=O) groups excluding carboxylic acids is 1. The highest BCUT2D eigenvalue weighted by Gasteiger charge is 2.10. The minimum absolute atomic E-state index is 0.0549. The molecule has 0 unspecified atom stereocenters. The van der Waals surface area contributed by atoms with Gasteiger partial charge in [0.15, 0.2) is 0 Å². The zero-order valence-corrected chi connectivity index (χ0v) is 15.8. The Hall–Kier alpha value is -3.15. The van der Waals surface area contributed by atoms with Crippen LogP contribution in [0.3, 0.4) is 0 Å². The summed E-state index contributed by atoms with van der Waals surface area (Å²) >= 11 is 0. The van der Waals surface area contributed by atoms with Crippen LogP contribution in [0.25, 0.3) is 10.9 Å². The van der Waals surface area contributed by atoms with Crippen LogP contribution in [0.1, 0.15) is 16.7 Å². The number of amides is 1. The van der Waals surface area contributed by atoms with Crippen molar-refractivity contribution in [2.24, 2.45) is 0 Å². The Morgan fingerprint density at radius 2 is 2.04 bits per heavy atom. The molecule has 3 aromatic rings. The first-order valence-electron chi connectivity index (χ1n) is 8.84. The topological polar surface area (TPSA) is 73.2 Å². The van der Waals surface area contributed by atoms with Crippen LogP contribution >= 0.6 is 0 Å². The number of ether oxygens (including phenoxy) is 1. The van der Waals surface area contributed by atoms with Crippen LogP contribution in [0.4, 0.5) is 0 Å². The van der Waals surface area contributed by atoms with E-state index in [1.165, 1.54) is 10.9 Å². The summed E-state index contributed by atoms with van der Waals surface area (Å²) in [5.74, 6) is 0.581. The SMILES string of the molecule is COc1ccc(C)cc1CCNC(=O)Cn1cnc2c(C)cccc2c1=O. The molecule has 27 heavy (non-hydrogen) atoms. The molecule has 140 valence electrons. The molecule has 0 atom stereocenters. The van der Waals surface area contributed by atoms with Crippen LogP contribution in [0.2, 0.25) is 0 Å². The number of nitrogens with zero attached hydrogens (tertiary/aromatic N) is 2. The van der Waals surface area contributed by atoms with Crippen molar-refractivity contribution in [1.82, 2.24) is 14.9 Å². The Kier molecular flexibility index (Phi) is 5.54. The highest BCUT2D eigenvalue weighted by molar-refractivity contribution is 5.81. The lowest BCUT2D eigenvalue weighted by atomic mass is 10.1. The molecule has 0 aliphatic heterocycles. The molecule has 1 N–H and O–H groups in total. The molecule has 0 radical (unpaired) electrons. The van der Waals surface area contributed by atoms with E-state index in [9.17, 15) is 9.59 Å². The molecule has 0 spiro atoms. The zero-order valence-electron chi connectivity index (χ0n) is 15.8. The van der Waals surface area contributed by atoms with Gasteiger partial charge in [0.05, 0.1) is 24.3 Å². The number of benzene rings is 2. The van der Waals surface area contributed by atoms with Gasteiger partial charge in [-0.2, -0.15) is 0 Å². The Bertz CT molecular complexity index is 1040. The largest absolute Gasteiger partial charge is 0.496 e. The molecule has 1 heterocycles. The normalized spacial score (nSPS) is 10.8. The average molecular weight is 365 g/mol. The summed E-state index contributed by atoms with van der Waals surface area (Å²) in [5, 5.41) is 3.38. The van der Waals surface area contributed by atoms with Crippen LogP contribution in [0.15, 0.2) is 47.5 Å². The smallest absolute Gasteiger partial charge is 0.261 e. The second-order valence-corrected chi connectivity index (χ2v) is 6.56. The van der Waals surface area contributed by atoms with Gasteiger partial charge in [0.25, 0.3) is 5.56 Å². The van der Waals surface area contributed by atoms with Gasteiger partial charge in [-0.3, -0.25) is 14.2 Å². The second kappa shape index (κ2) is 8.03. The molecule has 0 saturated heterocycles. The van der Waals surface area contributed by atoms with Crippen LogP contribution in [0.5, 0.6) is 5.75 Å². The van der Waals surface area contributed by atoms with Crippen molar-refractivity contribution in [3.8, 4) is 5.75 Å². The highest BCUT2D eigenvalue weighted by atomic mass is 16.5. The first kappa shape index (κ1) is 18.6. The predicted molar refractivity (Wildman–Crippen MR) is 105 cm³/mol. The molecular weight excluding hydrogens is 342 g/mol. The van der Waals surface area contributed by atoms with Crippen molar-refractivity contribution in [1.29, 1.82) is 0 Å². The zero-order chi connectivity index (χ0) is 19.4. The lowest BCUT2D eigenvalue weighted by Crippen LogP contribution is -2.33. The van der Waals surface area contributed by atoms with Crippen LogP contribution in [-0.4, -0.2) is 29.1 Å². The van der Waals surface area contributed by atoms with E-state index in [1.807, 2.05) is 44.2 Å². The van der Waals surface area contributed by atoms with Crippen LogP contribution < -0.4 is 15.6 Å². The third-order valence-corrected chi connectivity index (χ3v) is 4.52. The van der Waals surface area contributed by atoms with E-state index < -0.39 is 0 Å². The van der Waals surface area contributed by atoms with Gasteiger partial charge in [-0.05, 0) is 43.5 Å². The van der Waals surface area contributed by atoms with Gasteiger partial charge in [0.2, 0.25) is 5.91 Å². The quantitative estimate of drug-likeness (QED) is 0.728. The van der Waals surface area contributed by atoms with E-state index in [0.29, 0.717) is 23.9 Å². The molecular formula is C21H23N3O3. The molecule has 0 aliphatic carbocycles. The van der Waals surface area contributed by atoms with Gasteiger partial charge < -0.3 is 10.1 Å². The Balaban J connectivity index is 1.65. The van der Waals surface area contributed by atoms with Crippen molar-refractivity contribution in [2.75, 3.05) is 13.7 Å². The molecule has 1 amide bonds. The third kappa shape index (κ3) is 4.16. The molecule has 0 fully saturated rings. The van der Waals surface area contributed by atoms with Crippen LogP contribution in [0, 0.1) is 13.8 Å². The standard InChI is InChI=1S/C21H23N3O3/c1-14-7-8-18(27-3)16(11-14)9-10-22-19(25)12-24-13-23-20-15(2)5-4-6-17(20)21(24)26/h4-8,11,13H,9-10,12H2,1-3H3,(H,22,25). The van der Waals surface area contributed by atoms with E-state index in [4.69, 9.17) is 4.74 Å². The van der Waals surface area contributed by atoms with Crippen LogP contribution in [-0.2, 0) is 17.8 Å². The fraction of sp³-hybridized carbons (Fsp3) is 0.286. The maximum atomic E-state index is 12.6. The molecule has 1 aromatic heterocycles. The number of aryl methyl sites for hydroxylation is 2. The summed E-state index contributed by atoms with van der Waals surface area (Å²) in [5.41, 5.74) is 3.58. The number of rotatable bonds is 6. The molecule has 3 rings (SSSR count). The fourth-order valence-corrected chi connectivity index (χ4v) is 3.10. The third-order valence-electron chi connectivity index (χ3n) is 4.52. The van der Waals surface area contributed by atoms with Crippen molar-refractivity contribution in [2.45, 2.75) is 26.8 Å². The fourth-order valence-electron chi connectivity index (χ4n) is 3.10. The number of para-hydroxylation sites is 1. The second-order valence-electron chi connectivity index (χ2n) is 6.56. The molecule has 6 heteroatoms. The molecule has 0 saturated carbocycles. The van der Waals surface area contributed by atoms with Gasteiger partial charge in [-0.1, -0.05) is 29.8 Å². The van der Waals surface area contributed by atoms with E-state index in [0.717, 1.165) is 22.4 Å². The number of aromatic nitrogens is 2. The lowest BCUT2D eigenvalue weighted by Gasteiger charge is -2.11. The van der Waals surface area contributed by atoms with Crippen molar-refractivity contribution in [3.05, 3.63) is 69.8 Å². The van der Waals surface area contributed by atoms with E-state index in [-0.39, 0.29) is 18.0 Å². The number of carbonyl (C=O) groups is 1. The highest BCUT2D eigenvalue weighted by Crippen LogP contribution is 2.19. The number of fused-ring (bicyclic) bond motifs is 1. The Morgan fingerprint density at radius 1 is 1.22 bits per heavy atom. The van der Waals surface area contributed by atoms with Gasteiger partial charge in [-0.15, -0.1) is 0 Å². The summed E-state index contributed by atoms with van der Waals surface area (Å²) in [6.45, 7) is 4.34. The average Bonchev–Trinajstić information content (AvgIpc) is 2.65. The van der Waals surface area contributed by atoms with E-state index >= 15 is 0 Å². The van der Waals surface area contributed by atoms with Crippen molar-refractivity contribution >= 4 is 16.8 Å². The molecule has 6 nitrogen and oxygen atoms in total.